The number of nitrogens with one attached hydrogen (secondary N) is 2. The van der Waals surface area contributed by atoms with Crippen LogP contribution in [0.2, 0.25) is 0 Å². The molecule has 6 heterocycles. The first-order valence-corrected chi connectivity index (χ1v) is 31.1. The van der Waals surface area contributed by atoms with Crippen LogP contribution < -0.4 is 15.4 Å². The van der Waals surface area contributed by atoms with Crippen LogP contribution in [0.3, 0.4) is 0 Å². The summed E-state index contributed by atoms with van der Waals surface area (Å²) in [4.78, 5) is 0. The van der Waals surface area contributed by atoms with Crippen molar-refractivity contribution in [3.63, 3.8) is 0 Å². The Morgan fingerprint density at radius 3 is 2.55 bits per heavy atom. The molecule has 5 aromatic carbocycles. The number of aryl methyl sites for hydroxylation is 3. The van der Waals surface area contributed by atoms with Gasteiger partial charge in [-0.1, -0.05) is 91.8 Å². The molecule has 12 nitrogen and oxygen atoms in total. The number of nitrogens with zero attached hydrogens (tertiary/aromatic N) is 1. The molecule has 84 heavy (non-hydrogen) atoms. The third-order valence-corrected chi connectivity index (χ3v) is 20.7. The Hall–Kier alpha value is -6.82. The van der Waals surface area contributed by atoms with Crippen molar-refractivity contribution >= 4 is 22.7 Å². The summed E-state index contributed by atoms with van der Waals surface area (Å²) in [5, 5.41) is 65.8. The Morgan fingerprint density at radius 1 is 0.845 bits per heavy atom. The topological polar surface area (TPSA) is 167 Å². The first kappa shape index (κ1) is 55.1. The van der Waals surface area contributed by atoms with E-state index in [1.165, 1.54) is 41.5 Å². The summed E-state index contributed by atoms with van der Waals surface area (Å²) in [5.41, 5.74) is 13.2. The van der Waals surface area contributed by atoms with Crippen molar-refractivity contribution < 1.29 is 44.5 Å². The summed E-state index contributed by atoms with van der Waals surface area (Å²) in [7, 11) is 1.69. The molecule has 1 unspecified atom stereocenters. The maximum Gasteiger partial charge on any atom is 0.168 e. The molecule has 2 fully saturated rings. The molecule has 1 saturated carbocycles. The molecule has 8 atom stereocenters. The van der Waals surface area contributed by atoms with Gasteiger partial charge in [0, 0.05) is 83.0 Å². The molecule has 0 radical (unpaired) electrons. The lowest BCUT2D eigenvalue weighted by Gasteiger charge is -2.63. The van der Waals surface area contributed by atoms with E-state index in [1.54, 1.807) is 31.4 Å². The molecule has 7 N–H and O–H groups in total. The summed E-state index contributed by atoms with van der Waals surface area (Å²) < 4.78 is 29.4. The summed E-state index contributed by atoms with van der Waals surface area (Å²) in [6.45, 7) is 1.22. The molecule has 12 heteroatoms. The summed E-state index contributed by atoms with van der Waals surface area (Å²) in [5.74, 6) is 9.54. The number of benzene rings is 5. The monoisotopic (exact) mass is 1130 g/mol. The van der Waals surface area contributed by atoms with Crippen molar-refractivity contribution in [2.24, 2.45) is 23.7 Å². The smallest absolute Gasteiger partial charge is 0.168 e. The predicted octanol–water partition coefficient (Wildman–Crippen LogP) is 11.6. The number of hydrogen-bond donors (Lipinski definition) is 7. The van der Waals surface area contributed by atoms with E-state index in [9.17, 15) is 25.5 Å². The van der Waals surface area contributed by atoms with Crippen LogP contribution in [0, 0.1) is 35.5 Å². The largest absolute Gasteiger partial charge is 0.508 e. The van der Waals surface area contributed by atoms with Crippen LogP contribution in [-0.2, 0) is 64.9 Å². The number of rotatable bonds is 10. The van der Waals surface area contributed by atoms with Gasteiger partial charge in [0.15, 0.2) is 11.5 Å². The normalized spacial score (nSPS) is 26.8. The average Bonchev–Trinajstić information content (AvgIpc) is 0.984. The quantitative estimate of drug-likeness (QED) is 0.0515. The van der Waals surface area contributed by atoms with Crippen LogP contribution in [0.1, 0.15) is 138 Å². The fourth-order valence-electron chi connectivity index (χ4n) is 16.6. The minimum Gasteiger partial charge on any atom is -0.508 e. The number of aromatic hydroxyl groups is 3. The van der Waals surface area contributed by atoms with Crippen molar-refractivity contribution in [3.05, 3.63) is 176 Å². The fraction of sp³-hybridized carbons (Fsp3) is 0.444. The molecule has 1 saturated heterocycles. The van der Waals surface area contributed by atoms with Crippen molar-refractivity contribution in [3.8, 4) is 34.8 Å². The van der Waals surface area contributed by atoms with E-state index in [4.69, 9.17) is 18.9 Å². The first-order chi connectivity index (χ1) is 41.1. The van der Waals surface area contributed by atoms with Crippen LogP contribution in [0.5, 0.6) is 23.0 Å². The van der Waals surface area contributed by atoms with E-state index in [2.05, 4.69) is 88.0 Å². The van der Waals surface area contributed by atoms with Crippen molar-refractivity contribution in [1.82, 2.24) is 15.2 Å². The number of hydrogen-bond acceptors (Lipinski definition) is 11. The predicted molar refractivity (Wildman–Crippen MR) is 325 cm³/mol. The molecule has 0 amide bonds. The maximum atomic E-state index is 12.3. The van der Waals surface area contributed by atoms with Crippen LogP contribution in [-0.4, -0.2) is 81.1 Å². The van der Waals surface area contributed by atoms with Crippen LogP contribution in [0.4, 0.5) is 0 Å². The number of dihydropyridines is 1. The Kier molecular flexibility index (Phi) is 15.0. The Bertz CT molecular complexity index is 3660. The van der Waals surface area contributed by atoms with Gasteiger partial charge in [0.25, 0.3) is 0 Å². The van der Waals surface area contributed by atoms with Crippen molar-refractivity contribution in [1.29, 1.82) is 0 Å². The van der Waals surface area contributed by atoms with Crippen LogP contribution >= 0.6 is 0 Å². The molecular formula is C72H79N3O9. The molecule has 15 rings (SSSR count). The fourth-order valence-corrected chi connectivity index (χ4v) is 16.6. The molecule has 436 valence electrons. The second-order valence-corrected chi connectivity index (χ2v) is 25.5. The lowest BCUT2D eigenvalue weighted by atomic mass is 9.45. The lowest BCUT2D eigenvalue weighted by Crippen LogP contribution is -2.64. The van der Waals surface area contributed by atoms with Gasteiger partial charge in [-0.15, -0.1) is 0 Å². The molecule has 6 aromatic rings. The molecule has 8 bridgehead atoms. The number of aromatic nitrogens is 1. The van der Waals surface area contributed by atoms with E-state index >= 15 is 0 Å². The number of phenolic OH excluding ortho intramolecular Hbond substituents is 3. The highest BCUT2D eigenvalue weighted by Gasteiger charge is 2.63. The standard InChI is InChI=1S/C72H79N3O9/c1-81-43-73-67-35-49-18-16-44(14-15-45-17-24-63(78)51(28-45)29-46-9-5-12-57(77)30-46)8-6-13-58-36-64(79)50-20-23-59-60(33-50)53(39-76)34-65(80)69(59)83-40-54-32-56(31-52-37-75(38-61(52)54)70(74-67)62(49)42-82-58)72-55-22-19-47-10-7-11-48(68(47)72)21-25-66(72)71(84-41-55)26-3-2-4-27-71/h5,7,9-12,17,20,23-24,28,30-32,34-35,37-38,44,50,55,58,64,66-67,73-74,76-80H,2-4,6,8,13-15,19,21-22,25-27,29,33,36,39-43H2,1H3/t44-,50-,55-,58+,64+,66+,67?,72+/m1/s1. The zero-order chi connectivity index (χ0) is 57.1. The van der Waals surface area contributed by atoms with E-state index < -0.39 is 6.10 Å². The second-order valence-electron chi connectivity index (χ2n) is 25.5. The molecule has 4 aliphatic carbocycles. The van der Waals surface area contributed by atoms with Gasteiger partial charge in [-0.3, -0.25) is 5.32 Å². The van der Waals surface area contributed by atoms with E-state index in [0.717, 1.165) is 138 Å². The zero-order valence-electron chi connectivity index (χ0n) is 48.3. The third-order valence-electron chi connectivity index (χ3n) is 20.7. The molecular weight excluding hydrogens is 1050 g/mol. The van der Waals surface area contributed by atoms with Gasteiger partial charge in [-0.2, -0.15) is 0 Å². The number of phenols is 3. The summed E-state index contributed by atoms with van der Waals surface area (Å²) >= 11 is 0. The van der Waals surface area contributed by atoms with E-state index in [0.29, 0.717) is 49.1 Å². The Labute approximate surface area is 493 Å². The average molecular weight is 1130 g/mol. The Balaban J connectivity index is 0.921. The highest BCUT2D eigenvalue weighted by molar-refractivity contribution is 5.89. The molecule has 1 aromatic heterocycles. The summed E-state index contributed by atoms with van der Waals surface area (Å²) in [6.07, 6.45) is 24.6. The van der Waals surface area contributed by atoms with E-state index in [1.807, 2.05) is 24.3 Å². The number of ether oxygens (including phenoxy) is 4. The molecule has 9 aliphatic rings. The molecule has 5 aliphatic heterocycles. The van der Waals surface area contributed by atoms with Crippen molar-refractivity contribution in [2.75, 3.05) is 27.1 Å². The van der Waals surface area contributed by atoms with Gasteiger partial charge in [0.05, 0.1) is 44.4 Å². The lowest BCUT2D eigenvalue weighted by molar-refractivity contribution is -0.193. The zero-order valence-corrected chi connectivity index (χ0v) is 48.3. The van der Waals surface area contributed by atoms with Crippen LogP contribution in [0.15, 0.2) is 115 Å². The number of aliphatic hydroxyl groups excluding tert-OH is 2. The second kappa shape index (κ2) is 22.9. The highest BCUT2D eigenvalue weighted by atomic mass is 16.5. The Morgan fingerprint density at radius 2 is 1.70 bits per heavy atom. The van der Waals surface area contributed by atoms with Crippen molar-refractivity contribution in [2.45, 2.75) is 152 Å². The highest BCUT2D eigenvalue weighted by Crippen LogP contribution is 2.64. The molecule has 1 spiro atoms. The van der Waals surface area contributed by atoms with Gasteiger partial charge in [-0.05, 0) is 175 Å². The van der Waals surface area contributed by atoms with Gasteiger partial charge < -0.3 is 54.4 Å². The number of aliphatic hydroxyl groups is 2. The minimum absolute atomic E-state index is 0.0187. The summed E-state index contributed by atoms with van der Waals surface area (Å²) in [6, 6.07) is 26.7. The van der Waals surface area contributed by atoms with Gasteiger partial charge in [-0.25, -0.2) is 0 Å². The maximum absolute atomic E-state index is 12.3. The van der Waals surface area contributed by atoms with E-state index in [-0.39, 0.29) is 72.2 Å². The number of fused-ring (bicyclic) bond motifs is 3. The van der Waals surface area contributed by atoms with Gasteiger partial charge >= 0.3 is 0 Å². The minimum atomic E-state index is -0.760. The van der Waals surface area contributed by atoms with Gasteiger partial charge in [0.2, 0.25) is 0 Å². The first-order valence-electron chi connectivity index (χ1n) is 31.1. The van der Waals surface area contributed by atoms with Gasteiger partial charge in [0.1, 0.15) is 30.1 Å². The van der Waals surface area contributed by atoms with Crippen LogP contribution in [0.25, 0.3) is 22.7 Å². The third kappa shape index (κ3) is 10.0. The SMILES string of the molecule is COCNC1C=C2C#C[C@@H](CCc3ccc(O)c(Cc4cccc(O)c4)c3)CCC[C@H]3C[C@H](O)[C@@H]4C=Cc5c(c(CO)cc(O)c5OCc5cc([C@]67c8c9cccc8CC[C@H]6C6(CCCCC6)OC[C@H]7CC9)cc6cn(cc56)C(=C2CO3)N1)C4. The number of methoxy groups -OCH3 is 1.